The predicted molar refractivity (Wildman–Crippen MR) is 90.5 cm³/mol. The maximum absolute atomic E-state index is 12.1. The number of carbonyl (C=O) groups is 1. The Labute approximate surface area is 139 Å². The minimum absolute atomic E-state index is 0.112. The first-order chi connectivity index (χ1) is 10.9. The highest BCUT2D eigenvalue weighted by Gasteiger charge is 2.64. The number of rotatable bonds is 1. The first kappa shape index (κ1) is 15.8. The molecule has 7 atom stereocenters. The maximum Gasteiger partial charge on any atom is 0.133 e. The monoisotopic (exact) mass is 317 g/mol. The Hall–Kier alpha value is -0.700. The SMILES string of the molecule is C[C@]12CCC3[C@@H](CCC4(C=N)CC(=O)CC[C@]34C)C1CC[C@@H]2O. The molecule has 3 heteroatoms. The summed E-state index contributed by atoms with van der Waals surface area (Å²) in [6.07, 6.45) is 10.4. The van der Waals surface area contributed by atoms with E-state index in [4.69, 9.17) is 5.41 Å². The van der Waals surface area contributed by atoms with E-state index in [-0.39, 0.29) is 22.3 Å². The van der Waals surface area contributed by atoms with E-state index in [0.29, 0.717) is 36.4 Å². The van der Waals surface area contributed by atoms with Gasteiger partial charge in [-0.3, -0.25) is 4.79 Å². The average Bonchev–Trinajstić information content (AvgIpc) is 2.84. The highest BCUT2D eigenvalue weighted by Crippen LogP contribution is 2.69. The van der Waals surface area contributed by atoms with E-state index in [1.165, 1.54) is 12.8 Å². The van der Waals surface area contributed by atoms with Crippen LogP contribution in [-0.2, 0) is 4.79 Å². The van der Waals surface area contributed by atoms with Crippen LogP contribution < -0.4 is 0 Å². The van der Waals surface area contributed by atoms with Gasteiger partial charge in [0.25, 0.3) is 0 Å². The summed E-state index contributed by atoms with van der Waals surface area (Å²) in [6, 6.07) is 0. The summed E-state index contributed by atoms with van der Waals surface area (Å²) in [4.78, 5) is 12.1. The van der Waals surface area contributed by atoms with Gasteiger partial charge in [-0.25, -0.2) is 0 Å². The summed E-state index contributed by atoms with van der Waals surface area (Å²) in [7, 11) is 0. The zero-order valence-corrected chi connectivity index (χ0v) is 14.6. The van der Waals surface area contributed by atoms with Crippen LogP contribution in [-0.4, -0.2) is 23.2 Å². The molecule has 0 radical (unpaired) electrons. The number of Topliss-reactive ketones (excluding diaryl/α,β-unsaturated/α-hetero) is 1. The van der Waals surface area contributed by atoms with E-state index in [2.05, 4.69) is 13.8 Å². The lowest BCUT2D eigenvalue weighted by Crippen LogP contribution is -2.59. The predicted octanol–water partition coefficient (Wildman–Crippen LogP) is 3.98. The van der Waals surface area contributed by atoms with Crippen molar-refractivity contribution in [2.45, 2.75) is 77.7 Å². The summed E-state index contributed by atoms with van der Waals surface area (Å²) >= 11 is 0. The molecular weight excluding hydrogens is 286 g/mol. The molecule has 0 heterocycles. The van der Waals surface area contributed by atoms with E-state index < -0.39 is 0 Å². The molecular formula is C20H31NO2. The van der Waals surface area contributed by atoms with Crippen molar-refractivity contribution < 1.29 is 9.90 Å². The van der Waals surface area contributed by atoms with Crippen LogP contribution in [0, 0.1) is 39.4 Å². The molecule has 0 aromatic heterocycles. The van der Waals surface area contributed by atoms with Crippen LogP contribution in [0.15, 0.2) is 0 Å². The molecule has 128 valence electrons. The quantitative estimate of drug-likeness (QED) is 0.719. The fraction of sp³-hybridized carbons (Fsp3) is 0.900. The third kappa shape index (κ3) is 1.86. The topological polar surface area (TPSA) is 61.2 Å². The van der Waals surface area contributed by atoms with Crippen LogP contribution in [0.2, 0.25) is 0 Å². The normalized spacial score (nSPS) is 55.7. The van der Waals surface area contributed by atoms with Gasteiger partial charge in [-0.2, -0.15) is 0 Å². The smallest absolute Gasteiger partial charge is 0.133 e. The Bertz CT molecular complexity index is 546. The first-order valence-electron chi connectivity index (χ1n) is 9.58. The summed E-state index contributed by atoms with van der Waals surface area (Å²) < 4.78 is 0. The molecule has 0 aromatic rings. The lowest BCUT2D eigenvalue weighted by Gasteiger charge is -2.63. The lowest BCUT2D eigenvalue weighted by atomic mass is 9.40. The highest BCUT2D eigenvalue weighted by molar-refractivity contribution is 5.85. The largest absolute Gasteiger partial charge is 0.393 e. The number of aliphatic hydroxyl groups excluding tert-OH is 1. The summed E-state index contributed by atoms with van der Waals surface area (Å²) in [5, 5.41) is 18.7. The molecule has 3 unspecified atom stereocenters. The Balaban J connectivity index is 1.71. The van der Waals surface area contributed by atoms with Gasteiger partial charge in [0.2, 0.25) is 0 Å². The fourth-order valence-electron chi connectivity index (χ4n) is 7.38. The number of nitrogens with one attached hydrogen (secondary N) is 1. The molecule has 4 aliphatic carbocycles. The molecule has 4 rings (SSSR count). The molecule has 0 saturated heterocycles. The van der Waals surface area contributed by atoms with E-state index in [1.54, 1.807) is 6.21 Å². The number of ketones is 1. The Morgan fingerprint density at radius 3 is 2.61 bits per heavy atom. The van der Waals surface area contributed by atoms with Gasteiger partial charge in [-0.1, -0.05) is 13.8 Å². The van der Waals surface area contributed by atoms with Crippen molar-refractivity contribution in [3.8, 4) is 0 Å². The Morgan fingerprint density at radius 1 is 1.09 bits per heavy atom. The van der Waals surface area contributed by atoms with Crippen molar-refractivity contribution >= 4 is 12.0 Å². The van der Waals surface area contributed by atoms with E-state index in [0.717, 1.165) is 32.1 Å². The second-order valence-electron chi connectivity index (χ2n) is 9.49. The van der Waals surface area contributed by atoms with Gasteiger partial charge in [0.15, 0.2) is 0 Å². The number of carbonyl (C=O) groups excluding carboxylic acids is 1. The Kier molecular flexibility index (Phi) is 3.37. The second kappa shape index (κ2) is 4.91. The molecule has 4 saturated carbocycles. The zero-order chi connectivity index (χ0) is 16.5. The van der Waals surface area contributed by atoms with Gasteiger partial charge in [0.05, 0.1) is 6.10 Å². The summed E-state index contributed by atoms with van der Waals surface area (Å²) in [6.45, 7) is 4.70. The van der Waals surface area contributed by atoms with E-state index in [9.17, 15) is 9.90 Å². The number of aliphatic hydroxyl groups is 1. The van der Waals surface area contributed by atoms with Crippen molar-refractivity contribution in [2.75, 3.05) is 0 Å². The minimum atomic E-state index is -0.186. The first-order valence-corrected chi connectivity index (χ1v) is 9.58. The van der Waals surface area contributed by atoms with Crippen molar-refractivity contribution in [2.24, 2.45) is 34.0 Å². The van der Waals surface area contributed by atoms with Crippen molar-refractivity contribution in [3.63, 3.8) is 0 Å². The van der Waals surface area contributed by atoms with Gasteiger partial charge < -0.3 is 10.5 Å². The fourth-order valence-corrected chi connectivity index (χ4v) is 7.38. The van der Waals surface area contributed by atoms with Crippen LogP contribution in [0.3, 0.4) is 0 Å². The minimum Gasteiger partial charge on any atom is -0.393 e. The van der Waals surface area contributed by atoms with Crippen LogP contribution in [0.25, 0.3) is 0 Å². The molecule has 23 heavy (non-hydrogen) atoms. The average molecular weight is 317 g/mol. The van der Waals surface area contributed by atoms with Gasteiger partial charge in [-0.05, 0) is 73.5 Å². The number of hydrogen-bond acceptors (Lipinski definition) is 3. The van der Waals surface area contributed by atoms with Crippen LogP contribution in [0.1, 0.15) is 71.6 Å². The highest BCUT2D eigenvalue weighted by atomic mass is 16.3. The molecule has 0 spiro atoms. The van der Waals surface area contributed by atoms with Crippen molar-refractivity contribution in [3.05, 3.63) is 0 Å². The lowest BCUT2D eigenvalue weighted by molar-refractivity contribution is -0.152. The van der Waals surface area contributed by atoms with Crippen LogP contribution in [0.4, 0.5) is 0 Å². The summed E-state index contributed by atoms with van der Waals surface area (Å²) in [5.74, 6) is 2.34. The molecule has 4 fully saturated rings. The molecule has 0 bridgehead atoms. The van der Waals surface area contributed by atoms with Crippen molar-refractivity contribution in [1.29, 1.82) is 5.41 Å². The van der Waals surface area contributed by atoms with Gasteiger partial charge >= 0.3 is 0 Å². The van der Waals surface area contributed by atoms with Crippen molar-refractivity contribution in [1.82, 2.24) is 0 Å². The third-order valence-electron chi connectivity index (χ3n) is 8.98. The Morgan fingerprint density at radius 2 is 1.87 bits per heavy atom. The van der Waals surface area contributed by atoms with E-state index >= 15 is 0 Å². The molecule has 3 nitrogen and oxygen atoms in total. The zero-order valence-electron chi connectivity index (χ0n) is 14.6. The summed E-state index contributed by atoms with van der Waals surface area (Å²) in [5.41, 5.74) is 0.0433. The second-order valence-corrected chi connectivity index (χ2v) is 9.49. The van der Waals surface area contributed by atoms with Gasteiger partial charge in [0, 0.05) is 24.5 Å². The third-order valence-corrected chi connectivity index (χ3v) is 8.98. The molecule has 4 aliphatic rings. The standard InChI is InChI=1S/C20H31NO2/c1-18-8-7-16-14(15(18)3-4-17(18)23)6-10-20(12-21)11-13(22)5-9-19(16,20)2/h12,14-17,21,23H,3-11H2,1-2H3/t14-,15?,16?,17-,18-,19+,20?/m0/s1. The number of hydrogen-bond donors (Lipinski definition) is 2. The van der Waals surface area contributed by atoms with Crippen LogP contribution >= 0.6 is 0 Å². The molecule has 0 aromatic carbocycles. The molecule has 0 amide bonds. The number of fused-ring (bicyclic) bond motifs is 5. The van der Waals surface area contributed by atoms with Gasteiger partial charge in [-0.15, -0.1) is 0 Å². The molecule has 2 N–H and O–H groups in total. The maximum atomic E-state index is 12.1. The van der Waals surface area contributed by atoms with Crippen LogP contribution in [0.5, 0.6) is 0 Å². The van der Waals surface area contributed by atoms with Gasteiger partial charge in [0.1, 0.15) is 5.78 Å². The van der Waals surface area contributed by atoms with E-state index in [1.807, 2.05) is 0 Å². The molecule has 0 aliphatic heterocycles.